The predicted octanol–water partition coefficient (Wildman–Crippen LogP) is 12.4. The molecule has 5 heterocycles. The van der Waals surface area contributed by atoms with Crippen LogP contribution in [-0.4, -0.2) is 180 Å². The average molecular weight is 1560 g/mol. The number of aromatic carboxylic acids is 1. The van der Waals surface area contributed by atoms with Gasteiger partial charge >= 0.3 is 42.0 Å². The minimum atomic E-state index is -1.78. The van der Waals surface area contributed by atoms with Crippen LogP contribution >= 0.6 is 11.3 Å². The third kappa shape index (κ3) is 16.7. The van der Waals surface area contributed by atoms with Crippen LogP contribution in [0.3, 0.4) is 0 Å². The highest BCUT2D eigenvalue weighted by Gasteiger charge is 2.66. The molecule has 5 amide bonds. The number of urea groups is 1. The molecule has 8 aromatic rings. The van der Waals surface area contributed by atoms with Gasteiger partial charge in [0, 0.05) is 109 Å². The van der Waals surface area contributed by atoms with E-state index in [-0.39, 0.29) is 83.8 Å². The second-order valence-corrected chi connectivity index (χ2v) is 32.2. The molecular formula is C84H90N10O18S. The highest BCUT2D eigenvalue weighted by Crippen LogP contribution is 2.72. The van der Waals surface area contributed by atoms with Gasteiger partial charge in [-0.2, -0.15) is 5.10 Å². The Balaban J connectivity index is 0.632. The van der Waals surface area contributed by atoms with Gasteiger partial charge in [-0.05, 0) is 138 Å². The molecule has 5 aliphatic carbocycles. The molecule has 1 saturated heterocycles. The number of fused-ring (bicyclic) bond motifs is 5. The first-order valence-corrected chi connectivity index (χ1v) is 38.4. The molecule has 2 aliphatic heterocycles. The highest BCUT2D eigenvalue weighted by molar-refractivity contribution is 7.22. The summed E-state index contributed by atoms with van der Waals surface area (Å²) < 4.78 is 49.7. The Morgan fingerprint density at radius 2 is 1.42 bits per heavy atom. The average Bonchev–Trinajstić information content (AvgIpc) is 1.12. The van der Waals surface area contributed by atoms with Crippen molar-refractivity contribution < 1.29 is 86.2 Å². The number of thiazole rings is 1. The minimum absolute atomic E-state index is 0.0221. The summed E-state index contributed by atoms with van der Waals surface area (Å²) in [6, 6.07) is 37.1. The molecule has 113 heavy (non-hydrogen) atoms. The number of aromatic nitrogens is 4. The summed E-state index contributed by atoms with van der Waals surface area (Å²) in [7, 11) is 4.74. The molecule has 7 atom stereocenters. The number of methoxy groups -OCH3 is 1. The molecule has 7 aliphatic rings. The number of carboxylic acid groups (broad SMARTS) is 1. The maximum absolute atomic E-state index is 14.0. The molecule has 5 fully saturated rings. The van der Waals surface area contributed by atoms with Gasteiger partial charge in [0.2, 0.25) is 24.2 Å². The van der Waals surface area contributed by atoms with E-state index in [9.17, 15) is 48.3 Å². The summed E-state index contributed by atoms with van der Waals surface area (Å²) in [4.78, 5) is 134. The van der Waals surface area contributed by atoms with Crippen LogP contribution in [0.1, 0.15) is 125 Å². The topological polar surface area (TPSA) is 337 Å². The first kappa shape index (κ1) is 78.1. The smallest absolute Gasteiger partial charge is 0.407 e. The number of carbonyl (C=O) groups excluding carboxylic acids is 8. The number of nitrogens with one attached hydrogen (secondary N) is 3. The van der Waals surface area contributed by atoms with Crippen molar-refractivity contribution in [1.29, 1.82) is 0 Å². The lowest BCUT2D eigenvalue weighted by Gasteiger charge is -2.69. The first-order chi connectivity index (χ1) is 54.1. The van der Waals surface area contributed by atoms with E-state index >= 15 is 0 Å². The molecule has 590 valence electrons. The number of pyridine rings is 1. The normalized spacial score (nSPS) is 23.2. The Kier molecular flexibility index (Phi) is 22.1. The van der Waals surface area contributed by atoms with Gasteiger partial charge in [-0.1, -0.05) is 110 Å². The van der Waals surface area contributed by atoms with Gasteiger partial charge in [0.05, 0.1) is 58.5 Å². The third-order valence-electron chi connectivity index (χ3n) is 22.2. The van der Waals surface area contributed by atoms with Crippen LogP contribution in [0.2, 0.25) is 0 Å². The highest BCUT2D eigenvalue weighted by atomic mass is 32.1. The monoisotopic (exact) mass is 1560 g/mol. The van der Waals surface area contributed by atoms with Crippen molar-refractivity contribution >= 4 is 104 Å². The van der Waals surface area contributed by atoms with Crippen LogP contribution in [-0.2, 0) is 68.5 Å². The number of amides is 5. The lowest BCUT2D eigenvalue weighted by molar-refractivity contribution is -0.282. The number of hydrogen-bond donors (Lipinski definition) is 4. The van der Waals surface area contributed by atoms with Crippen LogP contribution in [0.5, 0.6) is 5.75 Å². The Hall–Kier alpha value is -11.6. The number of carboxylic acids is 1. The number of anilines is 4. The Bertz CT molecular complexity index is 5020. The van der Waals surface area contributed by atoms with E-state index in [1.54, 1.807) is 47.3 Å². The largest absolute Gasteiger partial charge is 0.476 e. The lowest BCUT2D eigenvalue weighted by Crippen LogP contribution is -2.64. The number of rotatable bonds is 25. The lowest BCUT2D eigenvalue weighted by atomic mass is 9.39. The van der Waals surface area contributed by atoms with Gasteiger partial charge in [-0.15, -0.1) is 0 Å². The van der Waals surface area contributed by atoms with Crippen molar-refractivity contribution in [2.24, 2.45) is 16.2 Å². The maximum atomic E-state index is 14.0. The zero-order chi connectivity index (χ0) is 79.8. The molecule has 4 N–H and O–H groups in total. The number of esters is 4. The number of benzene rings is 5. The number of carbonyl (C=O) groups is 9. The van der Waals surface area contributed by atoms with Crippen molar-refractivity contribution in [2.75, 3.05) is 81.0 Å². The molecule has 15 rings (SSSR count). The zero-order valence-electron chi connectivity index (χ0n) is 64.3. The number of hydrogen-bond acceptors (Lipinski definition) is 22. The minimum Gasteiger partial charge on any atom is -0.476 e. The van der Waals surface area contributed by atoms with Crippen molar-refractivity contribution in [3.63, 3.8) is 0 Å². The van der Waals surface area contributed by atoms with Gasteiger partial charge < -0.3 is 63.4 Å². The SMILES string of the molecule is COC(=O)[C@H]1O[C@@H](Oc2ccc(/C=C/CC(=O)N(C)CCOC34CC5(C)CC(C)(CC(Cn6ncc(-c7ccc(-c8ccc9c(c8)N(C(=O)Nc8nc%10ccccc%10s8)CCN9C)nc7C(=O)O)c6C)(C5)C3)C4)cc2NC(=O)CCNC(=O)OCC2c3ccccc3-c3ccccc32)[C@H](OC(C)=O)[C@@H](OC(C)=O)[C@@H]1OC(C)=O. The molecule has 2 unspecified atom stereocenters. The molecule has 3 aromatic heterocycles. The summed E-state index contributed by atoms with van der Waals surface area (Å²) in [6.07, 6.45) is 0.924. The predicted molar refractivity (Wildman–Crippen MR) is 419 cm³/mol. The van der Waals surface area contributed by atoms with E-state index in [4.69, 9.17) is 48.0 Å². The van der Waals surface area contributed by atoms with Crippen LogP contribution in [0.25, 0.3) is 49.8 Å². The fourth-order valence-electron chi connectivity index (χ4n) is 18.6. The van der Waals surface area contributed by atoms with E-state index in [0.29, 0.717) is 64.9 Å². The van der Waals surface area contributed by atoms with Gasteiger partial charge in [0.15, 0.2) is 29.1 Å². The van der Waals surface area contributed by atoms with E-state index in [1.807, 2.05) is 116 Å². The summed E-state index contributed by atoms with van der Waals surface area (Å²) in [5, 5.41) is 24.7. The van der Waals surface area contributed by atoms with Gasteiger partial charge in [-0.25, -0.2) is 29.1 Å². The Morgan fingerprint density at radius 1 is 0.735 bits per heavy atom. The second kappa shape index (κ2) is 31.9. The number of alkyl carbamates (subject to hydrolysis) is 1. The van der Waals surface area contributed by atoms with Crippen molar-refractivity contribution in [1.82, 2.24) is 30.0 Å². The van der Waals surface area contributed by atoms with Crippen molar-refractivity contribution in [3.8, 4) is 39.3 Å². The summed E-state index contributed by atoms with van der Waals surface area (Å²) >= 11 is 1.40. The third-order valence-corrected chi connectivity index (χ3v) is 23.1. The maximum Gasteiger partial charge on any atom is 0.407 e. The fourth-order valence-corrected chi connectivity index (χ4v) is 19.5. The standard InChI is InChI=1S/C84H90N10O18S/c1-48-59(58-27-28-61(88-70(58)75(100)101)53-26-29-64-65(38-53)93(34-33-91(64)7)79(103)90-78-89-62-22-14-15-23-67(62)113-78)39-86-94(48)47-83-42-81(5)41-82(6,43-83)45-84(44-81,46-83)107-36-35-92(8)69(99)24-16-17-52-25-30-66(111-77-74(110-51(4)97)72(109-50(3)96)71(108-49(2)95)73(112-77)76(102)105-9)63(37-52)87-68(98)31-32-85-80(104)106-40-60-56-20-12-10-18-54(56)55-19-11-13-21-57(55)60/h10-23,25-30,37-39,60,71-74,77H,24,31-36,40-47H2,1-9H3,(H,85,104)(H,87,98)(H,100,101)(H,89,90,103)/b17-16+/t71-,72-,73-,74+,77+,81?,82?,83?,84?/m0/s1. The van der Waals surface area contributed by atoms with E-state index < -0.39 is 78.2 Å². The van der Waals surface area contributed by atoms with E-state index in [2.05, 4.69) is 39.7 Å². The molecule has 0 radical (unpaired) electrons. The zero-order valence-corrected chi connectivity index (χ0v) is 65.1. The first-order valence-electron chi connectivity index (χ1n) is 37.6. The molecule has 0 spiro atoms. The second-order valence-electron chi connectivity index (χ2n) is 31.1. The summed E-state index contributed by atoms with van der Waals surface area (Å²) in [5.74, 6) is -6.03. The molecule has 28 nitrogen and oxygen atoms in total. The molecule has 5 aromatic carbocycles. The Morgan fingerprint density at radius 3 is 2.12 bits per heavy atom. The van der Waals surface area contributed by atoms with Crippen molar-refractivity contribution in [2.45, 2.75) is 142 Å². The van der Waals surface area contributed by atoms with Crippen LogP contribution < -0.4 is 30.5 Å². The van der Waals surface area contributed by atoms with Crippen LogP contribution in [0, 0.1) is 23.2 Å². The molecule has 4 bridgehead atoms. The van der Waals surface area contributed by atoms with Gasteiger partial charge in [-0.3, -0.25) is 38.9 Å². The number of nitrogens with zero attached hydrogens (tertiary/aromatic N) is 7. The Labute approximate surface area is 656 Å². The number of ether oxygens (including phenoxy) is 8. The molecular weight excluding hydrogens is 1470 g/mol. The van der Waals surface area contributed by atoms with Crippen LogP contribution in [0.15, 0.2) is 134 Å². The fraction of sp³-hybridized carbons (Fsp3) is 0.405. The van der Waals surface area contributed by atoms with E-state index in [0.717, 1.165) is 110 Å². The van der Waals surface area contributed by atoms with Gasteiger partial charge in [0.25, 0.3) is 0 Å². The summed E-state index contributed by atoms with van der Waals surface area (Å²) in [5.41, 5.74) is 9.08. The number of likely N-dealkylation sites (N-methyl/N-ethyl adjacent to an activating group) is 2. The van der Waals surface area contributed by atoms with Crippen LogP contribution in [0.4, 0.5) is 31.8 Å². The van der Waals surface area contributed by atoms with E-state index in [1.165, 1.54) is 23.5 Å². The molecule has 4 saturated carbocycles. The van der Waals surface area contributed by atoms with Gasteiger partial charge in [0.1, 0.15) is 12.4 Å². The summed E-state index contributed by atoms with van der Waals surface area (Å²) in [6.45, 7) is 11.9. The quantitative estimate of drug-likeness (QED) is 0.0305. The van der Waals surface area contributed by atoms with Crippen molar-refractivity contribution in [3.05, 3.63) is 162 Å². The molecule has 29 heteroatoms. The number of para-hydroxylation sites is 1.